The van der Waals surface area contributed by atoms with Gasteiger partial charge in [0.15, 0.2) is 0 Å². The molecule has 166 valence electrons. The molecule has 0 bridgehead atoms. The molecule has 1 atom stereocenters. The Morgan fingerprint density at radius 3 is 2.50 bits per heavy atom. The van der Waals surface area contributed by atoms with Crippen LogP contribution in [0.2, 0.25) is 0 Å². The summed E-state index contributed by atoms with van der Waals surface area (Å²) >= 11 is 0. The highest BCUT2D eigenvalue weighted by Gasteiger charge is 2.35. The third-order valence-electron chi connectivity index (χ3n) is 5.74. The number of nitrogens with zero attached hydrogens (tertiary/aromatic N) is 2. The summed E-state index contributed by atoms with van der Waals surface area (Å²) in [6.45, 7) is 0.358. The molecule has 1 aliphatic heterocycles. The Morgan fingerprint density at radius 1 is 1.03 bits per heavy atom. The molecule has 1 aliphatic rings. The predicted octanol–water partition coefficient (Wildman–Crippen LogP) is 2.76. The Bertz CT molecular complexity index is 1280. The summed E-state index contributed by atoms with van der Waals surface area (Å²) in [4.78, 5) is 27.4. The predicted molar refractivity (Wildman–Crippen MR) is 124 cm³/mol. The van der Waals surface area contributed by atoms with Crippen LogP contribution < -0.4 is 10.2 Å². The molecular weight excluding hydrogens is 426 g/mol. The van der Waals surface area contributed by atoms with E-state index in [0.29, 0.717) is 5.56 Å². The lowest BCUT2D eigenvalue weighted by molar-refractivity contribution is -0.126. The number of anilines is 1. The Labute approximate surface area is 187 Å². The van der Waals surface area contributed by atoms with Crippen molar-refractivity contribution in [3.05, 3.63) is 72.3 Å². The van der Waals surface area contributed by atoms with Gasteiger partial charge in [0.1, 0.15) is 0 Å². The molecule has 0 radical (unpaired) electrons. The smallest absolute Gasteiger partial charge is 0.242 e. The van der Waals surface area contributed by atoms with Gasteiger partial charge in [0.2, 0.25) is 21.8 Å². The van der Waals surface area contributed by atoms with Crippen LogP contribution in [0.5, 0.6) is 0 Å². The maximum Gasteiger partial charge on any atom is 0.242 e. The quantitative estimate of drug-likeness (QED) is 0.624. The zero-order chi connectivity index (χ0) is 22.9. The summed E-state index contributed by atoms with van der Waals surface area (Å²) in [7, 11) is -0.691. The number of amides is 2. The molecule has 0 aliphatic carbocycles. The number of hydrogen-bond acceptors (Lipinski definition) is 4. The van der Waals surface area contributed by atoms with Crippen molar-refractivity contribution in [1.29, 1.82) is 0 Å². The van der Waals surface area contributed by atoms with E-state index in [1.165, 1.54) is 20.2 Å². The van der Waals surface area contributed by atoms with Crippen LogP contribution in [0.15, 0.2) is 71.6 Å². The number of carbonyl (C=O) groups excluding carboxylic acids is 2. The highest BCUT2D eigenvalue weighted by Crippen LogP contribution is 2.31. The second kappa shape index (κ2) is 8.72. The largest absolute Gasteiger partial charge is 0.352 e. The van der Waals surface area contributed by atoms with Crippen LogP contribution in [-0.4, -0.2) is 45.2 Å². The van der Waals surface area contributed by atoms with E-state index in [9.17, 15) is 18.0 Å². The van der Waals surface area contributed by atoms with Gasteiger partial charge in [0.25, 0.3) is 0 Å². The maximum absolute atomic E-state index is 12.8. The van der Waals surface area contributed by atoms with Gasteiger partial charge < -0.3 is 10.2 Å². The summed E-state index contributed by atoms with van der Waals surface area (Å²) in [6, 6.07) is 20.2. The van der Waals surface area contributed by atoms with Crippen LogP contribution in [-0.2, 0) is 26.2 Å². The Kier molecular flexibility index (Phi) is 5.99. The zero-order valence-corrected chi connectivity index (χ0v) is 18.8. The van der Waals surface area contributed by atoms with E-state index < -0.39 is 15.9 Å². The maximum atomic E-state index is 12.8. The average molecular weight is 452 g/mol. The Hall–Kier alpha value is -3.23. The van der Waals surface area contributed by atoms with Gasteiger partial charge in [-0.05, 0) is 23.1 Å². The summed E-state index contributed by atoms with van der Waals surface area (Å²) in [5, 5.41) is 4.82. The Balaban J connectivity index is 1.49. The fraction of sp³-hybridized carbons (Fsp3) is 0.250. The summed E-state index contributed by atoms with van der Waals surface area (Å²) < 4.78 is 26.3. The van der Waals surface area contributed by atoms with Gasteiger partial charge in [-0.15, -0.1) is 0 Å². The molecular formula is C24H25N3O4S. The standard InChI is InChI=1S/C24H25N3O4S/c1-26(2)32(30,31)22-13-6-4-9-18(22)15-25-24(29)19-14-23(28)27(16-19)21-12-7-10-17-8-3-5-11-20(17)21/h3-13,19H,14-16H2,1-2H3,(H,25,29). The molecule has 8 heteroatoms. The fourth-order valence-corrected chi connectivity index (χ4v) is 5.10. The van der Waals surface area contributed by atoms with Crippen LogP contribution in [0.1, 0.15) is 12.0 Å². The highest BCUT2D eigenvalue weighted by molar-refractivity contribution is 7.89. The molecule has 2 amide bonds. The number of hydrogen-bond donors (Lipinski definition) is 1. The number of sulfonamides is 1. The highest BCUT2D eigenvalue weighted by atomic mass is 32.2. The SMILES string of the molecule is CN(C)S(=O)(=O)c1ccccc1CNC(=O)C1CC(=O)N(c2cccc3ccccc23)C1. The first kappa shape index (κ1) is 22.0. The number of rotatable bonds is 6. The molecule has 3 aromatic carbocycles. The average Bonchev–Trinajstić information content (AvgIpc) is 3.18. The van der Waals surface area contributed by atoms with Crippen molar-refractivity contribution in [1.82, 2.24) is 9.62 Å². The number of nitrogens with one attached hydrogen (secondary N) is 1. The van der Waals surface area contributed by atoms with Crippen LogP contribution in [0, 0.1) is 5.92 Å². The topological polar surface area (TPSA) is 86.8 Å². The van der Waals surface area contributed by atoms with Gasteiger partial charge in [-0.25, -0.2) is 12.7 Å². The van der Waals surface area contributed by atoms with Gasteiger partial charge in [0.05, 0.1) is 16.5 Å². The van der Waals surface area contributed by atoms with Crippen molar-refractivity contribution in [3.63, 3.8) is 0 Å². The molecule has 1 fully saturated rings. The van der Waals surface area contributed by atoms with Crippen molar-refractivity contribution in [3.8, 4) is 0 Å². The third-order valence-corrected chi connectivity index (χ3v) is 7.65. The van der Waals surface area contributed by atoms with Crippen LogP contribution in [0.4, 0.5) is 5.69 Å². The van der Waals surface area contributed by atoms with E-state index in [4.69, 9.17) is 0 Å². The molecule has 32 heavy (non-hydrogen) atoms. The number of fused-ring (bicyclic) bond motifs is 1. The molecule has 7 nitrogen and oxygen atoms in total. The van der Waals surface area contributed by atoms with Crippen molar-refractivity contribution in [2.24, 2.45) is 5.92 Å². The van der Waals surface area contributed by atoms with E-state index in [1.807, 2.05) is 42.5 Å². The number of carbonyl (C=O) groups is 2. The third kappa shape index (κ3) is 4.11. The Morgan fingerprint density at radius 2 is 1.72 bits per heavy atom. The van der Waals surface area contributed by atoms with E-state index >= 15 is 0 Å². The van der Waals surface area contributed by atoms with Crippen molar-refractivity contribution >= 4 is 38.3 Å². The minimum atomic E-state index is -3.63. The molecule has 0 aromatic heterocycles. The van der Waals surface area contributed by atoms with Gasteiger partial charge >= 0.3 is 0 Å². The normalized spacial score (nSPS) is 16.7. The van der Waals surface area contributed by atoms with Crippen molar-refractivity contribution in [2.45, 2.75) is 17.9 Å². The lowest BCUT2D eigenvalue weighted by atomic mass is 10.1. The molecule has 1 saturated heterocycles. The van der Waals surface area contributed by atoms with Gasteiger partial charge in [-0.3, -0.25) is 9.59 Å². The summed E-state index contributed by atoms with van der Waals surface area (Å²) in [6.07, 6.45) is 0.118. The van der Waals surface area contributed by atoms with Crippen LogP contribution in [0.25, 0.3) is 10.8 Å². The van der Waals surface area contributed by atoms with Gasteiger partial charge in [-0.2, -0.15) is 0 Å². The zero-order valence-electron chi connectivity index (χ0n) is 18.0. The van der Waals surface area contributed by atoms with E-state index in [2.05, 4.69) is 5.32 Å². The number of benzene rings is 3. The molecule has 1 N–H and O–H groups in total. The monoisotopic (exact) mass is 451 g/mol. The molecule has 3 aromatic rings. The lowest BCUT2D eigenvalue weighted by Gasteiger charge is -2.19. The van der Waals surface area contributed by atoms with Gasteiger partial charge in [-0.1, -0.05) is 54.6 Å². The minimum absolute atomic E-state index is 0.0705. The first-order valence-electron chi connectivity index (χ1n) is 10.4. The second-order valence-corrected chi connectivity index (χ2v) is 10.1. The first-order chi connectivity index (χ1) is 15.3. The molecule has 4 rings (SSSR count). The molecule has 1 heterocycles. The van der Waals surface area contributed by atoms with E-state index in [-0.39, 0.29) is 36.2 Å². The van der Waals surface area contributed by atoms with E-state index in [0.717, 1.165) is 20.8 Å². The molecule has 0 saturated carbocycles. The van der Waals surface area contributed by atoms with E-state index in [1.54, 1.807) is 23.1 Å². The lowest BCUT2D eigenvalue weighted by Crippen LogP contribution is -2.33. The second-order valence-electron chi connectivity index (χ2n) is 8.02. The summed E-state index contributed by atoms with van der Waals surface area (Å²) in [5.74, 6) is -0.866. The van der Waals surface area contributed by atoms with Crippen LogP contribution in [0.3, 0.4) is 0 Å². The molecule has 0 spiro atoms. The van der Waals surface area contributed by atoms with Crippen molar-refractivity contribution in [2.75, 3.05) is 25.5 Å². The van der Waals surface area contributed by atoms with Crippen LogP contribution >= 0.6 is 0 Å². The first-order valence-corrected chi connectivity index (χ1v) is 11.8. The minimum Gasteiger partial charge on any atom is -0.352 e. The fourth-order valence-electron chi connectivity index (χ4n) is 3.98. The summed E-state index contributed by atoms with van der Waals surface area (Å²) in [5.41, 5.74) is 1.30. The van der Waals surface area contributed by atoms with Crippen molar-refractivity contribution < 1.29 is 18.0 Å². The van der Waals surface area contributed by atoms with Gasteiger partial charge in [0, 0.05) is 39.0 Å². The molecule has 1 unspecified atom stereocenters.